The fraction of sp³-hybridized carbons (Fsp3) is 0.750. The Morgan fingerprint density at radius 1 is 1.38 bits per heavy atom. The molecule has 21 heavy (non-hydrogen) atoms. The average Bonchev–Trinajstić information content (AvgIpc) is 2.50. The smallest absolute Gasteiger partial charge is 0.306 e. The van der Waals surface area contributed by atoms with E-state index in [2.05, 4.69) is 0 Å². The number of methoxy groups -OCH3 is 1. The molecule has 5 nitrogen and oxygen atoms in total. The van der Waals surface area contributed by atoms with E-state index in [0.29, 0.717) is 6.42 Å². The summed E-state index contributed by atoms with van der Waals surface area (Å²) in [6.07, 6.45) is 8.61. The summed E-state index contributed by atoms with van der Waals surface area (Å²) < 4.78 is 4.70. The molecule has 0 aliphatic heterocycles. The van der Waals surface area contributed by atoms with E-state index in [4.69, 9.17) is 10.5 Å². The molecule has 120 valence electrons. The minimum absolute atomic E-state index is 0.0131. The number of hydrogen-bond donors (Lipinski definition) is 1. The van der Waals surface area contributed by atoms with Crippen LogP contribution in [0.15, 0.2) is 12.2 Å². The predicted octanol–water partition coefficient (Wildman–Crippen LogP) is 1.86. The van der Waals surface area contributed by atoms with Gasteiger partial charge in [-0.25, -0.2) is 0 Å². The van der Waals surface area contributed by atoms with E-state index in [-0.39, 0.29) is 36.3 Å². The summed E-state index contributed by atoms with van der Waals surface area (Å²) in [5.74, 6) is -0.729. The maximum absolute atomic E-state index is 12.7. The van der Waals surface area contributed by atoms with Crippen LogP contribution in [0.3, 0.4) is 0 Å². The Morgan fingerprint density at radius 3 is 2.62 bits per heavy atom. The van der Waals surface area contributed by atoms with E-state index in [1.54, 1.807) is 11.9 Å². The number of esters is 1. The maximum Gasteiger partial charge on any atom is 0.306 e. The molecule has 0 aromatic heterocycles. The summed E-state index contributed by atoms with van der Waals surface area (Å²) in [7, 11) is 3.15. The third-order valence-corrected chi connectivity index (χ3v) is 4.27. The quantitative estimate of drug-likeness (QED) is 0.600. The molecule has 2 N–H and O–H groups in total. The van der Waals surface area contributed by atoms with Gasteiger partial charge in [0.25, 0.3) is 0 Å². The Labute approximate surface area is 127 Å². The standard InChI is InChI=1S/C16H28N2O3/c1-4-5-8-12(11-15(19)21-3)16(20)18(2)14-10-7-6-9-13(14)17/h4-5,12-14H,6-11,17H2,1-3H3/b5-4+/t12-,13+,14+/m1/s1. The number of allylic oxidation sites excluding steroid dienone is 2. The van der Waals surface area contributed by atoms with E-state index < -0.39 is 0 Å². The second-order valence-electron chi connectivity index (χ2n) is 5.75. The molecule has 0 unspecified atom stereocenters. The first kappa shape index (κ1) is 17.7. The first-order valence-corrected chi connectivity index (χ1v) is 7.71. The lowest BCUT2D eigenvalue weighted by Crippen LogP contribution is -2.51. The van der Waals surface area contributed by atoms with Crippen molar-refractivity contribution in [1.29, 1.82) is 0 Å². The molecule has 0 radical (unpaired) electrons. The molecule has 1 amide bonds. The molecule has 0 saturated heterocycles. The minimum atomic E-state index is -0.368. The summed E-state index contributed by atoms with van der Waals surface area (Å²) in [5, 5.41) is 0. The SMILES string of the molecule is C/C=C/C[C@H](CC(=O)OC)C(=O)N(C)[C@H]1CCCC[C@@H]1N. The van der Waals surface area contributed by atoms with Crippen LogP contribution in [-0.4, -0.2) is 43.0 Å². The van der Waals surface area contributed by atoms with Crippen LogP contribution < -0.4 is 5.73 Å². The molecule has 5 heteroatoms. The second-order valence-corrected chi connectivity index (χ2v) is 5.75. The number of hydrogen-bond acceptors (Lipinski definition) is 4. The van der Waals surface area contributed by atoms with Crippen molar-refractivity contribution >= 4 is 11.9 Å². The van der Waals surface area contributed by atoms with Crippen LogP contribution in [0, 0.1) is 5.92 Å². The summed E-state index contributed by atoms with van der Waals surface area (Å²) in [6, 6.07) is 0.116. The molecule has 1 saturated carbocycles. The number of likely N-dealkylation sites (N-methyl/N-ethyl adjacent to an activating group) is 1. The highest BCUT2D eigenvalue weighted by molar-refractivity contribution is 5.84. The third kappa shape index (κ3) is 5.16. The number of rotatable bonds is 6. The highest BCUT2D eigenvalue weighted by atomic mass is 16.5. The fourth-order valence-corrected chi connectivity index (χ4v) is 2.93. The molecule has 0 heterocycles. The van der Waals surface area contributed by atoms with Crippen molar-refractivity contribution < 1.29 is 14.3 Å². The highest BCUT2D eigenvalue weighted by Gasteiger charge is 2.32. The molecule has 0 spiro atoms. The van der Waals surface area contributed by atoms with Gasteiger partial charge in [-0.15, -0.1) is 0 Å². The maximum atomic E-state index is 12.7. The Hall–Kier alpha value is -1.36. The van der Waals surface area contributed by atoms with Crippen LogP contribution in [0.1, 0.15) is 45.4 Å². The Bertz CT molecular complexity index is 382. The van der Waals surface area contributed by atoms with Crippen molar-refractivity contribution in [3.63, 3.8) is 0 Å². The largest absolute Gasteiger partial charge is 0.469 e. The van der Waals surface area contributed by atoms with Crippen molar-refractivity contribution in [2.45, 2.75) is 57.5 Å². The van der Waals surface area contributed by atoms with Crippen LogP contribution in [-0.2, 0) is 14.3 Å². The van der Waals surface area contributed by atoms with Crippen LogP contribution in [0.2, 0.25) is 0 Å². The molecule has 3 atom stereocenters. The van der Waals surface area contributed by atoms with Gasteiger partial charge in [-0.2, -0.15) is 0 Å². The molecule has 0 aromatic rings. The number of carbonyl (C=O) groups excluding carboxylic acids is 2. The summed E-state index contributed by atoms with van der Waals surface area (Å²) in [4.78, 5) is 25.9. The summed E-state index contributed by atoms with van der Waals surface area (Å²) in [5.41, 5.74) is 6.15. The zero-order valence-corrected chi connectivity index (χ0v) is 13.4. The Morgan fingerprint density at radius 2 is 2.05 bits per heavy atom. The number of amides is 1. The molecule has 0 bridgehead atoms. The van der Waals surface area contributed by atoms with Gasteiger partial charge < -0.3 is 15.4 Å². The van der Waals surface area contributed by atoms with Gasteiger partial charge in [0.2, 0.25) is 5.91 Å². The zero-order chi connectivity index (χ0) is 15.8. The highest BCUT2D eigenvalue weighted by Crippen LogP contribution is 2.24. The normalized spacial score (nSPS) is 23.8. The van der Waals surface area contributed by atoms with Crippen molar-refractivity contribution in [1.82, 2.24) is 4.90 Å². The summed E-state index contributed by atoms with van der Waals surface area (Å²) >= 11 is 0. The van der Waals surface area contributed by atoms with E-state index in [9.17, 15) is 9.59 Å². The summed E-state index contributed by atoms with van der Waals surface area (Å²) in [6.45, 7) is 1.90. The minimum Gasteiger partial charge on any atom is -0.469 e. The number of carbonyl (C=O) groups is 2. The van der Waals surface area contributed by atoms with E-state index >= 15 is 0 Å². The van der Waals surface area contributed by atoms with Gasteiger partial charge >= 0.3 is 5.97 Å². The van der Waals surface area contributed by atoms with Crippen LogP contribution in [0.5, 0.6) is 0 Å². The number of ether oxygens (including phenoxy) is 1. The second kappa shape index (κ2) is 8.82. The lowest BCUT2D eigenvalue weighted by molar-refractivity contribution is -0.147. The molecular formula is C16H28N2O3. The van der Waals surface area contributed by atoms with Gasteiger partial charge in [0.05, 0.1) is 19.4 Å². The number of nitrogens with zero attached hydrogens (tertiary/aromatic N) is 1. The molecule has 1 fully saturated rings. The molecule has 1 rings (SSSR count). The lowest BCUT2D eigenvalue weighted by Gasteiger charge is -2.37. The molecule has 0 aromatic carbocycles. The molecule has 1 aliphatic carbocycles. The van der Waals surface area contributed by atoms with Gasteiger partial charge in [-0.05, 0) is 26.2 Å². The van der Waals surface area contributed by atoms with E-state index in [0.717, 1.165) is 25.7 Å². The zero-order valence-electron chi connectivity index (χ0n) is 13.4. The molecular weight excluding hydrogens is 268 g/mol. The Kier molecular flexibility index (Phi) is 7.43. The topological polar surface area (TPSA) is 72.6 Å². The predicted molar refractivity (Wildman–Crippen MR) is 82.6 cm³/mol. The van der Waals surface area contributed by atoms with Crippen molar-refractivity contribution in [3.05, 3.63) is 12.2 Å². The van der Waals surface area contributed by atoms with Crippen LogP contribution in [0.4, 0.5) is 0 Å². The van der Waals surface area contributed by atoms with E-state index in [1.807, 2.05) is 19.1 Å². The van der Waals surface area contributed by atoms with Gasteiger partial charge in [0, 0.05) is 19.1 Å². The lowest BCUT2D eigenvalue weighted by atomic mass is 9.88. The van der Waals surface area contributed by atoms with Gasteiger partial charge in [-0.3, -0.25) is 9.59 Å². The van der Waals surface area contributed by atoms with Crippen molar-refractivity contribution in [3.8, 4) is 0 Å². The van der Waals surface area contributed by atoms with Gasteiger partial charge in [0.1, 0.15) is 0 Å². The third-order valence-electron chi connectivity index (χ3n) is 4.27. The average molecular weight is 296 g/mol. The van der Waals surface area contributed by atoms with Crippen molar-refractivity contribution in [2.24, 2.45) is 11.7 Å². The first-order valence-electron chi connectivity index (χ1n) is 7.71. The fourth-order valence-electron chi connectivity index (χ4n) is 2.93. The monoisotopic (exact) mass is 296 g/mol. The van der Waals surface area contributed by atoms with Crippen LogP contribution >= 0.6 is 0 Å². The van der Waals surface area contributed by atoms with Crippen LogP contribution in [0.25, 0.3) is 0 Å². The molecule has 1 aliphatic rings. The van der Waals surface area contributed by atoms with Crippen molar-refractivity contribution in [2.75, 3.05) is 14.2 Å². The number of nitrogens with two attached hydrogens (primary N) is 1. The van der Waals surface area contributed by atoms with Gasteiger partial charge in [-0.1, -0.05) is 25.0 Å². The van der Waals surface area contributed by atoms with E-state index in [1.165, 1.54) is 7.11 Å². The first-order chi connectivity index (χ1) is 10.0. The van der Waals surface area contributed by atoms with Gasteiger partial charge in [0.15, 0.2) is 0 Å². The Balaban J connectivity index is 2.74.